The van der Waals surface area contributed by atoms with Crippen LogP contribution in [0.4, 0.5) is 34.1 Å². The number of hydrogen-bond acceptors (Lipinski definition) is 4. The summed E-state index contributed by atoms with van der Waals surface area (Å²) in [7, 11) is 0. The minimum absolute atomic E-state index is 0.0224. The molecule has 0 aromatic heterocycles. The van der Waals surface area contributed by atoms with E-state index in [-0.39, 0.29) is 21.7 Å². The van der Waals surface area contributed by atoms with E-state index < -0.39 is 0 Å². The maximum atomic E-state index is 8.12. The molecule has 0 N–H and O–H groups in total. The van der Waals surface area contributed by atoms with E-state index in [0.717, 1.165) is 84.6 Å². The molecule has 7 aromatic carbocycles. The monoisotopic (exact) mass is 923 g/mol. The maximum Gasteiger partial charge on any atom is 0.163 e. The third kappa shape index (κ3) is 10.1. The average molecular weight is 924 g/mol. The summed E-state index contributed by atoms with van der Waals surface area (Å²) in [5.41, 5.74) is 18.9. The summed E-state index contributed by atoms with van der Waals surface area (Å²) in [6.07, 6.45) is 0. The van der Waals surface area contributed by atoms with Gasteiger partial charge in [0.05, 0.1) is 27.8 Å². The molecule has 0 atom stereocenters. The summed E-state index contributed by atoms with van der Waals surface area (Å²) < 4.78 is 12.3. The molecule has 0 spiro atoms. The second-order valence-electron chi connectivity index (χ2n) is 23.0. The van der Waals surface area contributed by atoms with Crippen LogP contribution in [0, 0.1) is 20.8 Å². The highest BCUT2D eigenvalue weighted by Gasteiger charge is 2.29. The number of benzene rings is 7. The van der Waals surface area contributed by atoms with Crippen LogP contribution in [0.5, 0.6) is 11.5 Å². The molecule has 7 aromatic rings. The van der Waals surface area contributed by atoms with Crippen LogP contribution >= 0.6 is 11.6 Å². The number of fused-ring (bicyclic) bond motifs is 1. The van der Waals surface area contributed by atoms with Crippen molar-refractivity contribution in [3.05, 3.63) is 177 Å². The molecule has 0 bridgehead atoms. The highest BCUT2D eigenvalue weighted by atomic mass is 35.5. The third-order valence-corrected chi connectivity index (χ3v) is 13.7. The number of ether oxygens (including phenoxy) is 2. The number of halogens is 1. The van der Waals surface area contributed by atoms with Crippen molar-refractivity contribution in [3.8, 4) is 33.8 Å². The Morgan fingerprint density at radius 2 is 0.794 bits per heavy atom. The van der Waals surface area contributed by atoms with Gasteiger partial charge in [0, 0.05) is 17.4 Å². The van der Waals surface area contributed by atoms with Crippen molar-refractivity contribution in [1.29, 1.82) is 0 Å². The van der Waals surface area contributed by atoms with Crippen molar-refractivity contribution >= 4 is 45.7 Å². The summed E-state index contributed by atoms with van der Waals surface area (Å²) >= 11 is 8.12. The van der Waals surface area contributed by atoms with Gasteiger partial charge in [-0.25, -0.2) is 0 Å². The Labute approximate surface area is 412 Å². The molecule has 4 nitrogen and oxygen atoms in total. The van der Waals surface area contributed by atoms with Crippen molar-refractivity contribution < 1.29 is 9.47 Å². The Kier molecular flexibility index (Phi) is 13.0. The molecule has 1 aliphatic rings. The van der Waals surface area contributed by atoms with Crippen molar-refractivity contribution in [2.75, 3.05) is 23.0 Å². The van der Waals surface area contributed by atoms with Crippen LogP contribution in [0.1, 0.15) is 122 Å². The topological polar surface area (TPSA) is 24.9 Å². The fourth-order valence-corrected chi connectivity index (χ4v) is 9.57. The van der Waals surface area contributed by atoms with Gasteiger partial charge in [-0.05, 0) is 158 Å². The van der Waals surface area contributed by atoms with Crippen LogP contribution < -0.4 is 19.3 Å². The van der Waals surface area contributed by atoms with Crippen molar-refractivity contribution in [3.63, 3.8) is 0 Å². The number of anilines is 6. The van der Waals surface area contributed by atoms with Gasteiger partial charge in [0.1, 0.15) is 13.2 Å². The van der Waals surface area contributed by atoms with E-state index in [1.54, 1.807) is 0 Å². The molecule has 0 saturated heterocycles. The van der Waals surface area contributed by atoms with Gasteiger partial charge in [-0.1, -0.05) is 167 Å². The zero-order valence-electron chi connectivity index (χ0n) is 43.2. The molecule has 0 amide bonds. The van der Waals surface area contributed by atoms with Crippen LogP contribution in [0.25, 0.3) is 22.3 Å². The third-order valence-electron chi connectivity index (χ3n) is 13.4. The van der Waals surface area contributed by atoms with E-state index in [4.69, 9.17) is 21.1 Å². The Balaban J connectivity index is 1.41. The van der Waals surface area contributed by atoms with E-state index in [9.17, 15) is 0 Å². The van der Waals surface area contributed by atoms with Gasteiger partial charge >= 0.3 is 0 Å². The summed E-state index contributed by atoms with van der Waals surface area (Å²) in [5.74, 6) is 1.47. The van der Waals surface area contributed by atoms with Crippen LogP contribution in [0.3, 0.4) is 0 Å². The Bertz CT molecular complexity index is 2860. The van der Waals surface area contributed by atoms with Crippen LogP contribution in [0.2, 0.25) is 5.02 Å². The van der Waals surface area contributed by atoms with Crippen LogP contribution in [-0.2, 0) is 21.7 Å². The molecule has 0 saturated carbocycles. The van der Waals surface area contributed by atoms with Crippen LogP contribution in [0.15, 0.2) is 133 Å². The van der Waals surface area contributed by atoms with E-state index in [2.05, 4.69) is 241 Å². The van der Waals surface area contributed by atoms with E-state index >= 15 is 0 Å². The molecule has 5 heteroatoms. The van der Waals surface area contributed by atoms with Gasteiger partial charge in [-0.2, -0.15) is 0 Å². The van der Waals surface area contributed by atoms with Gasteiger partial charge in [-0.15, -0.1) is 0 Å². The first-order valence-corrected chi connectivity index (χ1v) is 24.6. The van der Waals surface area contributed by atoms with Gasteiger partial charge in [-0.3, -0.25) is 0 Å². The predicted molar refractivity (Wildman–Crippen MR) is 292 cm³/mol. The molecule has 0 aliphatic carbocycles. The standard InChI is InChI=1S/C63H71ClN2O2/c1-40-32-54(58(64)55(33-40)66(52-28-29-56-57(39-52)68-31-30-67-56)59-41(2)34-50(35-42(59)3)63(13,14)15)65(51-26-24-49(25-27-51)62(10,11)12)53-37-45(43-16-20-47(21-17-43)60(4,5)6)36-46(38-53)44-18-22-48(23-19-44)61(7,8)9/h16-29,32-39H,30-31H2,1-15H3. The fraction of sp³-hybridized carbons (Fsp3) is 0.333. The molecule has 1 heterocycles. The van der Waals surface area contributed by atoms with E-state index in [1.807, 2.05) is 6.07 Å². The maximum absolute atomic E-state index is 8.12. The number of rotatable bonds is 8. The highest BCUT2D eigenvalue weighted by molar-refractivity contribution is 6.37. The van der Waals surface area contributed by atoms with E-state index in [0.29, 0.717) is 18.2 Å². The lowest BCUT2D eigenvalue weighted by Gasteiger charge is -2.34. The van der Waals surface area contributed by atoms with Crippen molar-refractivity contribution in [2.24, 2.45) is 0 Å². The van der Waals surface area contributed by atoms with Gasteiger partial charge in [0.25, 0.3) is 0 Å². The minimum atomic E-state index is -0.0241. The first-order chi connectivity index (χ1) is 31.9. The zero-order chi connectivity index (χ0) is 49.1. The molecule has 352 valence electrons. The predicted octanol–water partition coefficient (Wildman–Crippen LogP) is 18.5. The molecule has 68 heavy (non-hydrogen) atoms. The SMILES string of the molecule is Cc1cc(N(c2ccc(C(C)(C)C)cc2)c2cc(-c3ccc(C(C)(C)C)cc3)cc(-c3ccc(C(C)(C)C)cc3)c2)c(Cl)c(N(c2ccc3c(c2)OCCO3)c2c(C)cc(C(C)(C)C)cc2C)c1. The normalized spacial score (nSPS) is 13.1. The molecule has 1 aliphatic heterocycles. The Morgan fingerprint density at radius 1 is 0.382 bits per heavy atom. The molecule has 0 unspecified atom stereocenters. The summed E-state index contributed by atoms with van der Waals surface area (Å²) in [6, 6.07) is 49.5. The quantitative estimate of drug-likeness (QED) is 0.152. The lowest BCUT2D eigenvalue weighted by molar-refractivity contribution is 0.171. The van der Waals surface area contributed by atoms with E-state index in [1.165, 1.54) is 22.3 Å². The Morgan fingerprint density at radius 3 is 1.25 bits per heavy atom. The fourth-order valence-electron chi connectivity index (χ4n) is 9.29. The number of hydrogen-bond donors (Lipinski definition) is 0. The highest BCUT2D eigenvalue weighted by Crippen LogP contribution is 2.51. The largest absolute Gasteiger partial charge is 0.486 e. The van der Waals surface area contributed by atoms with Crippen molar-refractivity contribution in [2.45, 2.75) is 126 Å². The van der Waals surface area contributed by atoms with Crippen molar-refractivity contribution in [1.82, 2.24) is 0 Å². The lowest BCUT2D eigenvalue weighted by atomic mass is 9.84. The average Bonchev–Trinajstić information content (AvgIpc) is 3.27. The number of aryl methyl sites for hydroxylation is 3. The molecular weight excluding hydrogens is 852 g/mol. The Hall–Kier alpha value is -5.97. The first-order valence-electron chi connectivity index (χ1n) is 24.3. The summed E-state index contributed by atoms with van der Waals surface area (Å²) in [6.45, 7) is 34.8. The summed E-state index contributed by atoms with van der Waals surface area (Å²) in [4.78, 5) is 4.68. The van der Waals surface area contributed by atoms with Gasteiger partial charge < -0.3 is 19.3 Å². The lowest BCUT2D eigenvalue weighted by Crippen LogP contribution is -2.19. The number of nitrogens with zero attached hydrogens (tertiary/aromatic N) is 2. The zero-order valence-corrected chi connectivity index (χ0v) is 44.0. The molecule has 8 rings (SSSR count). The second-order valence-corrected chi connectivity index (χ2v) is 23.4. The molecular formula is C63H71ClN2O2. The molecule has 0 fully saturated rings. The second kappa shape index (κ2) is 18.2. The van der Waals surface area contributed by atoms with Gasteiger partial charge in [0.15, 0.2) is 11.5 Å². The minimum Gasteiger partial charge on any atom is -0.486 e. The first kappa shape index (κ1) is 48.5. The smallest absolute Gasteiger partial charge is 0.163 e. The summed E-state index contributed by atoms with van der Waals surface area (Å²) in [5, 5.41) is 0.625. The molecule has 0 radical (unpaired) electrons. The van der Waals surface area contributed by atoms with Crippen LogP contribution in [-0.4, -0.2) is 13.2 Å². The van der Waals surface area contributed by atoms with Gasteiger partial charge in [0.2, 0.25) is 0 Å².